The van der Waals surface area contributed by atoms with Crippen LogP contribution in [0.4, 0.5) is 0 Å². The maximum Gasteiger partial charge on any atom is 0.0738 e. The molecule has 5 heteroatoms. The number of aryl methyl sites for hydroxylation is 2. The Labute approximate surface area is 118 Å². The zero-order chi connectivity index (χ0) is 13.5. The SMILES string of the molecule is CCC(CNCCOC)Cc1c(Br)c(C)nn1C. The second-order valence-corrected chi connectivity index (χ2v) is 5.44. The summed E-state index contributed by atoms with van der Waals surface area (Å²) in [6, 6.07) is 0. The van der Waals surface area contributed by atoms with E-state index in [1.807, 2.05) is 18.7 Å². The summed E-state index contributed by atoms with van der Waals surface area (Å²) < 4.78 is 8.17. The molecule has 0 saturated heterocycles. The third-order valence-corrected chi connectivity index (χ3v) is 4.27. The van der Waals surface area contributed by atoms with E-state index in [9.17, 15) is 0 Å². The average molecular weight is 318 g/mol. The van der Waals surface area contributed by atoms with Crippen LogP contribution < -0.4 is 5.32 Å². The van der Waals surface area contributed by atoms with E-state index in [2.05, 4.69) is 33.3 Å². The number of nitrogens with one attached hydrogen (secondary N) is 1. The van der Waals surface area contributed by atoms with Gasteiger partial charge in [0.05, 0.1) is 22.5 Å². The molecule has 0 spiro atoms. The van der Waals surface area contributed by atoms with Gasteiger partial charge in [0.25, 0.3) is 0 Å². The summed E-state index contributed by atoms with van der Waals surface area (Å²) in [5.74, 6) is 0.632. The Morgan fingerprint density at radius 1 is 1.50 bits per heavy atom. The Bertz CT molecular complexity index is 365. The van der Waals surface area contributed by atoms with E-state index in [0.717, 1.165) is 42.7 Å². The molecule has 1 rings (SSSR count). The zero-order valence-electron chi connectivity index (χ0n) is 11.8. The van der Waals surface area contributed by atoms with Crippen LogP contribution in [0.2, 0.25) is 0 Å². The molecule has 0 fully saturated rings. The molecule has 0 saturated carbocycles. The Morgan fingerprint density at radius 3 is 2.72 bits per heavy atom. The van der Waals surface area contributed by atoms with Gasteiger partial charge in [-0.1, -0.05) is 13.3 Å². The van der Waals surface area contributed by atoms with Crippen molar-refractivity contribution < 1.29 is 4.74 Å². The van der Waals surface area contributed by atoms with E-state index in [1.54, 1.807) is 7.11 Å². The van der Waals surface area contributed by atoms with E-state index in [1.165, 1.54) is 5.69 Å². The molecule has 1 aromatic heterocycles. The topological polar surface area (TPSA) is 39.1 Å². The van der Waals surface area contributed by atoms with Crippen LogP contribution in [0.25, 0.3) is 0 Å². The van der Waals surface area contributed by atoms with Crippen LogP contribution in [-0.2, 0) is 18.2 Å². The fraction of sp³-hybridized carbons (Fsp3) is 0.769. The third-order valence-electron chi connectivity index (χ3n) is 3.24. The molecular weight excluding hydrogens is 294 g/mol. The van der Waals surface area contributed by atoms with Crippen molar-refractivity contribution in [3.05, 3.63) is 15.9 Å². The quantitative estimate of drug-likeness (QED) is 0.748. The van der Waals surface area contributed by atoms with Crippen LogP contribution in [0.1, 0.15) is 24.7 Å². The van der Waals surface area contributed by atoms with E-state index < -0.39 is 0 Å². The van der Waals surface area contributed by atoms with Gasteiger partial charge in [0.1, 0.15) is 0 Å². The van der Waals surface area contributed by atoms with Crippen molar-refractivity contribution in [3.63, 3.8) is 0 Å². The third kappa shape index (κ3) is 4.37. The minimum Gasteiger partial charge on any atom is -0.383 e. The van der Waals surface area contributed by atoms with Crippen LogP contribution in [0.5, 0.6) is 0 Å². The van der Waals surface area contributed by atoms with Gasteiger partial charge in [0, 0.05) is 20.7 Å². The first-order valence-electron chi connectivity index (χ1n) is 6.47. The summed E-state index contributed by atoms with van der Waals surface area (Å²) in [6.07, 6.45) is 2.21. The lowest BCUT2D eigenvalue weighted by atomic mass is 10.00. The molecule has 0 bridgehead atoms. The minimum atomic E-state index is 0.632. The van der Waals surface area contributed by atoms with Crippen LogP contribution in [-0.4, -0.2) is 36.6 Å². The maximum absolute atomic E-state index is 5.03. The highest BCUT2D eigenvalue weighted by atomic mass is 79.9. The average Bonchev–Trinajstić information content (AvgIpc) is 2.59. The molecule has 104 valence electrons. The summed E-state index contributed by atoms with van der Waals surface area (Å²) in [4.78, 5) is 0. The number of hydrogen-bond donors (Lipinski definition) is 1. The van der Waals surface area contributed by atoms with Crippen molar-refractivity contribution in [3.8, 4) is 0 Å². The van der Waals surface area contributed by atoms with Crippen molar-refractivity contribution in [1.82, 2.24) is 15.1 Å². The summed E-state index contributed by atoms with van der Waals surface area (Å²) in [7, 11) is 3.74. The molecule has 0 aliphatic carbocycles. The normalized spacial score (nSPS) is 12.9. The first kappa shape index (κ1) is 15.7. The van der Waals surface area contributed by atoms with E-state index in [-0.39, 0.29) is 0 Å². The fourth-order valence-corrected chi connectivity index (χ4v) is 2.51. The second-order valence-electron chi connectivity index (χ2n) is 4.65. The fourth-order valence-electron chi connectivity index (χ4n) is 2.02. The van der Waals surface area contributed by atoms with E-state index in [0.29, 0.717) is 5.92 Å². The predicted molar refractivity (Wildman–Crippen MR) is 77.9 cm³/mol. The van der Waals surface area contributed by atoms with Crippen LogP contribution in [0, 0.1) is 12.8 Å². The van der Waals surface area contributed by atoms with Crippen LogP contribution >= 0.6 is 15.9 Å². The molecular formula is C13H24BrN3O. The van der Waals surface area contributed by atoms with Gasteiger partial charge >= 0.3 is 0 Å². The first-order valence-corrected chi connectivity index (χ1v) is 7.27. The van der Waals surface area contributed by atoms with Gasteiger partial charge in [-0.2, -0.15) is 5.10 Å². The number of halogens is 1. The molecule has 0 aliphatic heterocycles. The van der Waals surface area contributed by atoms with E-state index in [4.69, 9.17) is 4.74 Å². The lowest BCUT2D eigenvalue weighted by molar-refractivity contribution is 0.197. The second kappa shape index (κ2) is 7.92. The van der Waals surface area contributed by atoms with Crippen LogP contribution in [0.3, 0.4) is 0 Å². The molecule has 18 heavy (non-hydrogen) atoms. The highest BCUT2D eigenvalue weighted by molar-refractivity contribution is 9.10. The van der Waals surface area contributed by atoms with Crippen molar-refractivity contribution >= 4 is 15.9 Å². The Morgan fingerprint density at radius 2 is 2.22 bits per heavy atom. The highest BCUT2D eigenvalue weighted by Crippen LogP contribution is 2.23. The van der Waals surface area contributed by atoms with Gasteiger partial charge in [0.2, 0.25) is 0 Å². The standard InChI is InChI=1S/C13H24BrN3O/c1-5-11(9-15-6-7-18-4)8-12-13(14)10(2)16-17(12)3/h11,15H,5-9H2,1-4H3. The molecule has 1 atom stereocenters. The van der Waals surface area contributed by atoms with Gasteiger partial charge in [-0.3, -0.25) is 4.68 Å². The summed E-state index contributed by atoms with van der Waals surface area (Å²) in [5.41, 5.74) is 2.35. The Kier molecular flexibility index (Phi) is 6.89. The summed E-state index contributed by atoms with van der Waals surface area (Å²) >= 11 is 3.63. The molecule has 0 radical (unpaired) electrons. The number of rotatable bonds is 8. The minimum absolute atomic E-state index is 0.632. The monoisotopic (exact) mass is 317 g/mol. The van der Waals surface area contributed by atoms with E-state index >= 15 is 0 Å². The van der Waals surface area contributed by atoms with Gasteiger partial charge < -0.3 is 10.1 Å². The Hall–Kier alpha value is -0.390. The summed E-state index contributed by atoms with van der Waals surface area (Å²) in [5, 5.41) is 7.87. The first-order chi connectivity index (χ1) is 8.60. The molecule has 1 N–H and O–H groups in total. The van der Waals surface area contributed by atoms with Gasteiger partial charge in [0.15, 0.2) is 0 Å². The highest BCUT2D eigenvalue weighted by Gasteiger charge is 2.15. The van der Waals surface area contributed by atoms with Crippen molar-refractivity contribution in [2.45, 2.75) is 26.7 Å². The van der Waals surface area contributed by atoms with Crippen LogP contribution in [0.15, 0.2) is 4.47 Å². The molecule has 0 aliphatic rings. The number of ether oxygens (including phenoxy) is 1. The smallest absolute Gasteiger partial charge is 0.0738 e. The number of methoxy groups -OCH3 is 1. The lowest BCUT2D eigenvalue weighted by Gasteiger charge is -2.16. The number of hydrogen-bond acceptors (Lipinski definition) is 3. The zero-order valence-corrected chi connectivity index (χ0v) is 13.4. The lowest BCUT2D eigenvalue weighted by Crippen LogP contribution is -2.27. The molecule has 1 unspecified atom stereocenters. The predicted octanol–water partition coefficient (Wildman–Crippen LogP) is 2.30. The molecule has 1 heterocycles. The van der Waals surface area contributed by atoms with Crippen molar-refractivity contribution in [1.29, 1.82) is 0 Å². The van der Waals surface area contributed by atoms with Gasteiger partial charge in [-0.15, -0.1) is 0 Å². The molecule has 1 aromatic rings. The van der Waals surface area contributed by atoms with Crippen molar-refractivity contribution in [2.75, 3.05) is 26.8 Å². The van der Waals surface area contributed by atoms with Gasteiger partial charge in [-0.25, -0.2) is 0 Å². The molecule has 0 aromatic carbocycles. The molecule has 0 amide bonds. The maximum atomic E-state index is 5.03. The van der Waals surface area contributed by atoms with Crippen molar-refractivity contribution in [2.24, 2.45) is 13.0 Å². The summed E-state index contributed by atoms with van der Waals surface area (Å²) in [6.45, 7) is 6.98. The van der Waals surface area contributed by atoms with Gasteiger partial charge in [-0.05, 0) is 41.7 Å². The largest absolute Gasteiger partial charge is 0.383 e. The Balaban J connectivity index is 2.51. The molecule has 4 nitrogen and oxygen atoms in total. The number of nitrogens with zero attached hydrogens (tertiary/aromatic N) is 2. The number of aromatic nitrogens is 2.